The van der Waals surface area contributed by atoms with Crippen LogP contribution in [0.5, 0.6) is 23.0 Å². The van der Waals surface area contributed by atoms with Crippen LogP contribution in [-0.2, 0) is 27.5 Å². The van der Waals surface area contributed by atoms with Gasteiger partial charge in [0.25, 0.3) is 0 Å². The van der Waals surface area contributed by atoms with Crippen LogP contribution in [0, 0.1) is 0 Å². The smallest absolute Gasteiger partial charge is 0.485 e. The van der Waals surface area contributed by atoms with Crippen LogP contribution in [0.4, 0.5) is 32.0 Å². The highest BCUT2D eigenvalue weighted by molar-refractivity contribution is 6.37. The van der Waals surface area contributed by atoms with Crippen LogP contribution in [0.15, 0.2) is 66.7 Å². The van der Waals surface area contributed by atoms with E-state index in [1.165, 1.54) is 49.5 Å². The highest BCUT2D eigenvalue weighted by Crippen LogP contribution is 2.34. The maximum absolute atomic E-state index is 12.4. The summed E-state index contributed by atoms with van der Waals surface area (Å²) >= 11 is 0. The summed E-state index contributed by atoms with van der Waals surface area (Å²) in [5, 5.41) is 0. The lowest BCUT2D eigenvalue weighted by atomic mass is 10.2. The molecule has 214 valence electrons. The Balaban J connectivity index is 1.78. The molecule has 0 bridgehead atoms. The van der Waals surface area contributed by atoms with Gasteiger partial charge in [0.05, 0.1) is 7.11 Å². The quantitative estimate of drug-likeness (QED) is 0.182. The highest BCUT2D eigenvalue weighted by Gasteiger charge is 2.31. The first-order valence-electron chi connectivity index (χ1n) is 11.2. The van der Waals surface area contributed by atoms with E-state index in [-0.39, 0.29) is 30.4 Å². The summed E-state index contributed by atoms with van der Waals surface area (Å²) in [6, 6.07) is 14.2. The van der Waals surface area contributed by atoms with Crippen molar-refractivity contribution in [2.75, 3.05) is 19.1 Å². The van der Waals surface area contributed by atoms with E-state index in [2.05, 4.69) is 14.2 Å². The number of hydrogen-bond donors (Lipinski definition) is 0. The fraction of sp³-hybridized carbons (Fsp3) is 0.231. The largest absolute Gasteiger partial charge is 0.573 e. The van der Waals surface area contributed by atoms with Crippen molar-refractivity contribution < 1.29 is 59.6 Å². The van der Waals surface area contributed by atoms with Gasteiger partial charge in [0, 0.05) is 18.8 Å². The van der Waals surface area contributed by atoms with Crippen LogP contribution in [0.2, 0.25) is 0 Å². The van der Waals surface area contributed by atoms with Gasteiger partial charge in [-0.1, -0.05) is 24.3 Å². The molecule has 0 aliphatic heterocycles. The van der Waals surface area contributed by atoms with E-state index >= 15 is 0 Å². The molecule has 0 saturated heterocycles. The number of alkyl halides is 6. The molecule has 3 aromatic carbocycles. The lowest BCUT2D eigenvalue weighted by molar-refractivity contribution is -0.275. The number of methoxy groups -OCH3 is 1. The molecule has 0 aliphatic carbocycles. The maximum Gasteiger partial charge on any atom is 0.573 e. The molecule has 1 amide bonds. The topological polar surface area (TPSA) is 83.5 Å². The summed E-state index contributed by atoms with van der Waals surface area (Å²) in [6.45, 7) is -0.229. The first kappa shape index (κ1) is 29.9. The molecule has 3 rings (SSSR count). The maximum atomic E-state index is 12.4. The summed E-state index contributed by atoms with van der Waals surface area (Å²) in [5.41, 5.74) is 1.17. The van der Waals surface area contributed by atoms with Crippen LogP contribution < -0.4 is 23.8 Å². The van der Waals surface area contributed by atoms with Crippen LogP contribution >= 0.6 is 0 Å². The van der Waals surface area contributed by atoms with Gasteiger partial charge >= 0.3 is 24.6 Å². The Kier molecular flexibility index (Phi) is 9.35. The van der Waals surface area contributed by atoms with Gasteiger partial charge in [-0.2, -0.15) is 0 Å². The van der Waals surface area contributed by atoms with Crippen LogP contribution in [0.25, 0.3) is 0 Å². The van der Waals surface area contributed by atoms with Crippen molar-refractivity contribution in [2.24, 2.45) is 0 Å². The fourth-order valence-electron chi connectivity index (χ4n) is 3.18. The summed E-state index contributed by atoms with van der Waals surface area (Å²) < 4.78 is 98.0. The molecule has 0 radical (unpaired) electrons. The zero-order valence-corrected chi connectivity index (χ0v) is 20.8. The normalized spacial score (nSPS) is 11.4. The highest BCUT2D eigenvalue weighted by atomic mass is 19.4. The van der Waals surface area contributed by atoms with Crippen molar-refractivity contribution >= 4 is 17.6 Å². The molecule has 0 spiro atoms. The molecule has 0 saturated carbocycles. The number of benzene rings is 3. The summed E-state index contributed by atoms with van der Waals surface area (Å²) in [6.07, 6.45) is -9.68. The number of nitrogens with zero attached hydrogens (tertiary/aromatic N) is 1. The second kappa shape index (κ2) is 12.5. The third-order valence-electron chi connectivity index (χ3n) is 5.08. The lowest BCUT2D eigenvalue weighted by Crippen LogP contribution is -2.33. The Morgan fingerprint density at radius 2 is 1.15 bits per heavy atom. The van der Waals surface area contributed by atoms with Crippen molar-refractivity contribution in [1.29, 1.82) is 0 Å². The van der Waals surface area contributed by atoms with Crippen molar-refractivity contribution in [2.45, 2.75) is 25.9 Å². The number of carbonyl (C=O) groups is 2. The molecule has 14 heteroatoms. The van der Waals surface area contributed by atoms with E-state index in [4.69, 9.17) is 9.47 Å². The van der Waals surface area contributed by atoms with Crippen LogP contribution in [0.1, 0.15) is 11.1 Å². The minimum Gasteiger partial charge on any atom is -0.485 e. The number of hydrogen-bond acceptors (Lipinski definition) is 7. The molecule has 0 aliphatic rings. The first-order valence-corrected chi connectivity index (χ1v) is 11.2. The van der Waals surface area contributed by atoms with Crippen molar-refractivity contribution in [1.82, 2.24) is 0 Å². The lowest BCUT2D eigenvalue weighted by Gasteiger charge is -2.19. The van der Waals surface area contributed by atoms with Gasteiger partial charge in [0.15, 0.2) is 11.5 Å². The molecule has 0 N–H and O–H groups in total. The minimum absolute atomic E-state index is 0.0923. The average molecular weight is 573 g/mol. The standard InChI is InChI=1S/C26H21F6NO7/c1-33(23(34)24(35)36-2)18-7-12-21(37-14-16-3-8-19(9-4-16)39-25(27,28)29)22(13-18)38-15-17-5-10-20(11-6-17)40-26(30,31)32/h3-13H,14-15H2,1-2H3. The minimum atomic E-state index is -4.84. The predicted octanol–water partition coefficient (Wildman–Crippen LogP) is 5.78. The van der Waals surface area contributed by atoms with Gasteiger partial charge < -0.3 is 28.6 Å². The third-order valence-corrected chi connectivity index (χ3v) is 5.08. The Morgan fingerprint density at radius 1 is 0.700 bits per heavy atom. The zero-order valence-electron chi connectivity index (χ0n) is 20.8. The van der Waals surface area contributed by atoms with E-state index in [0.29, 0.717) is 11.1 Å². The number of likely N-dealkylation sites (N-methyl/N-ethyl adjacent to an activating group) is 1. The van der Waals surface area contributed by atoms with Gasteiger partial charge in [-0.15, -0.1) is 26.3 Å². The summed E-state index contributed by atoms with van der Waals surface area (Å²) in [5.74, 6) is -2.65. The molecule has 0 heterocycles. The van der Waals surface area contributed by atoms with Crippen LogP contribution in [0.3, 0.4) is 0 Å². The summed E-state index contributed by atoms with van der Waals surface area (Å²) in [7, 11) is 2.37. The van der Waals surface area contributed by atoms with E-state index in [1.54, 1.807) is 0 Å². The number of rotatable bonds is 9. The van der Waals surface area contributed by atoms with E-state index in [9.17, 15) is 35.9 Å². The van der Waals surface area contributed by atoms with E-state index in [1.807, 2.05) is 0 Å². The Morgan fingerprint density at radius 3 is 1.57 bits per heavy atom. The Labute approximate surface area is 223 Å². The second-order valence-corrected chi connectivity index (χ2v) is 7.95. The number of esters is 1. The molecule has 3 aromatic rings. The number of halogens is 6. The Bertz CT molecular complexity index is 1310. The number of anilines is 1. The Hall–Kier alpha value is -4.62. The van der Waals surface area contributed by atoms with E-state index in [0.717, 1.165) is 36.3 Å². The molecule has 8 nitrogen and oxygen atoms in total. The fourth-order valence-corrected chi connectivity index (χ4v) is 3.18. The monoisotopic (exact) mass is 573 g/mol. The second-order valence-electron chi connectivity index (χ2n) is 7.95. The van der Waals surface area contributed by atoms with Crippen molar-refractivity contribution in [3.8, 4) is 23.0 Å². The number of carbonyl (C=O) groups excluding carboxylic acids is 2. The van der Waals surface area contributed by atoms with Gasteiger partial charge in [-0.25, -0.2) is 4.79 Å². The zero-order chi connectivity index (χ0) is 29.5. The van der Waals surface area contributed by atoms with Crippen molar-refractivity contribution in [3.05, 3.63) is 77.9 Å². The van der Waals surface area contributed by atoms with Gasteiger partial charge in [0.2, 0.25) is 0 Å². The van der Waals surface area contributed by atoms with Gasteiger partial charge in [-0.05, 0) is 47.5 Å². The number of amides is 1. The molecule has 0 atom stereocenters. The molecule has 40 heavy (non-hydrogen) atoms. The molecule has 0 fully saturated rings. The molecular weight excluding hydrogens is 552 g/mol. The number of ether oxygens (including phenoxy) is 5. The van der Waals surface area contributed by atoms with Gasteiger partial charge in [-0.3, -0.25) is 4.79 Å². The third kappa shape index (κ3) is 8.99. The molecule has 0 aromatic heterocycles. The predicted molar refractivity (Wildman–Crippen MR) is 127 cm³/mol. The molecule has 0 unspecified atom stereocenters. The first-order chi connectivity index (χ1) is 18.7. The van der Waals surface area contributed by atoms with Gasteiger partial charge in [0.1, 0.15) is 24.7 Å². The SMILES string of the molecule is COC(=O)C(=O)N(C)c1ccc(OCc2ccc(OC(F)(F)F)cc2)c(OCc2ccc(OC(F)(F)F)cc2)c1. The average Bonchev–Trinajstić information content (AvgIpc) is 2.89. The summed E-state index contributed by atoms with van der Waals surface area (Å²) in [4.78, 5) is 24.9. The van der Waals surface area contributed by atoms with Crippen molar-refractivity contribution in [3.63, 3.8) is 0 Å². The van der Waals surface area contributed by atoms with Crippen LogP contribution in [-0.4, -0.2) is 38.8 Å². The van der Waals surface area contributed by atoms with E-state index < -0.39 is 36.1 Å². The molecular formula is C26H21F6NO7.